The lowest BCUT2D eigenvalue weighted by Crippen LogP contribution is -2.35. The van der Waals surface area contributed by atoms with Gasteiger partial charge in [-0.1, -0.05) is 25.3 Å². The number of hydrogen-bond acceptors (Lipinski definition) is 6. The van der Waals surface area contributed by atoms with Gasteiger partial charge in [-0.15, -0.1) is 0 Å². The molecule has 2 saturated heterocycles. The minimum atomic E-state index is -3.64. The molecule has 1 N–H and O–H groups in total. The third-order valence-corrected chi connectivity index (χ3v) is 10.5. The Morgan fingerprint density at radius 1 is 0.730 bits per heavy atom. The second-order valence-corrected chi connectivity index (χ2v) is 13.3. The third-order valence-electron chi connectivity index (χ3n) is 6.73. The normalized spacial score (nSPS) is 18.2. The smallest absolute Gasteiger partial charge is 0.251 e. The molecule has 0 radical (unpaired) electrons. The zero-order chi connectivity index (χ0) is 26.3. The van der Waals surface area contributed by atoms with Gasteiger partial charge in [-0.05, 0) is 68.1 Å². The second kappa shape index (κ2) is 12.4. The topological polar surface area (TPSA) is 113 Å². The van der Waals surface area contributed by atoms with Gasteiger partial charge in [0.15, 0.2) is 0 Å². The summed E-state index contributed by atoms with van der Waals surface area (Å²) < 4.78 is 60.3. The van der Waals surface area contributed by atoms with Gasteiger partial charge >= 0.3 is 0 Å². The molecular weight excluding hydrogens is 514 g/mol. The Labute approximate surface area is 219 Å². The number of piperidine rings is 1. The molecule has 11 heteroatoms. The largest absolute Gasteiger partial charge is 0.492 e. The molecular formula is C26H35N3O6S2. The number of ether oxygens (including phenoxy) is 1. The fourth-order valence-electron chi connectivity index (χ4n) is 4.63. The maximum atomic E-state index is 13.0. The van der Waals surface area contributed by atoms with Crippen LogP contribution >= 0.6 is 0 Å². The summed E-state index contributed by atoms with van der Waals surface area (Å²) >= 11 is 0. The van der Waals surface area contributed by atoms with E-state index in [4.69, 9.17) is 4.74 Å². The molecule has 0 unspecified atom stereocenters. The van der Waals surface area contributed by atoms with E-state index in [1.165, 1.54) is 32.9 Å². The van der Waals surface area contributed by atoms with Crippen molar-refractivity contribution in [1.82, 2.24) is 13.9 Å². The Kier molecular flexibility index (Phi) is 9.22. The molecule has 202 valence electrons. The van der Waals surface area contributed by atoms with E-state index >= 15 is 0 Å². The fraction of sp³-hybridized carbons (Fsp3) is 0.500. The number of sulfonamides is 2. The van der Waals surface area contributed by atoms with Gasteiger partial charge in [0.25, 0.3) is 5.91 Å². The van der Waals surface area contributed by atoms with Gasteiger partial charge in [-0.2, -0.15) is 8.61 Å². The number of benzene rings is 2. The minimum Gasteiger partial charge on any atom is -0.492 e. The van der Waals surface area contributed by atoms with Gasteiger partial charge in [0.2, 0.25) is 20.0 Å². The molecule has 37 heavy (non-hydrogen) atoms. The monoisotopic (exact) mass is 549 g/mol. The number of nitrogens with one attached hydrogen (secondary N) is 1. The molecule has 2 aromatic carbocycles. The SMILES string of the molecule is O=C(NCCOc1ccc(S(=O)(=O)N2CCCCC2)cc1)c1cccc(S(=O)(=O)N2CCCCCC2)c1. The van der Waals surface area contributed by atoms with Crippen LogP contribution in [0.15, 0.2) is 58.3 Å². The van der Waals surface area contributed by atoms with Gasteiger partial charge < -0.3 is 10.1 Å². The molecule has 9 nitrogen and oxygen atoms in total. The van der Waals surface area contributed by atoms with E-state index in [9.17, 15) is 21.6 Å². The fourth-order valence-corrected chi connectivity index (χ4v) is 7.71. The third kappa shape index (κ3) is 6.90. The van der Waals surface area contributed by atoms with E-state index in [1.807, 2.05) is 0 Å². The van der Waals surface area contributed by atoms with E-state index in [-0.39, 0.29) is 34.4 Å². The first kappa shape index (κ1) is 27.6. The molecule has 0 atom stereocenters. The van der Waals surface area contributed by atoms with E-state index in [0.717, 1.165) is 44.9 Å². The molecule has 0 aromatic heterocycles. The van der Waals surface area contributed by atoms with Crippen LogP contribution in [-0.4, -0.2) is 70.7 Å². The summed E-state index contributed by atoms with van der Waals surface area (Å²) in [6.45, 7) is 2.48. The zero-order valence-electron chi connectivity index (χ0n) is 21.0. The first-order chi connectivity index (χ1) is 17.8. The number of rotatable bonds is 9. The van der Waals surface area contributed by atoms with Crippen LogP contribution in [0.5, 0.6) is 5.75 Å². The van der Waals surface area contributed by atoms with E-state index in [2.05, 4.69) is 5.32 Å². The molecule has 2 aromatic rings. The molecule has 0 spiro atoms. The average Bonchev–Trinajstić information content (AvgIpc) is 3.22. The second-order valence-electron chi connectivity index (χ2n) is 9.39. The highest BCUT2D eigenvalue weighted by molar-refractivity contribution is 7.89. The molecule has 0 aliphatic carbocycles. The number of carbonyl (C=O) groups is 1. The maximum absolute atomic E-state index is 13.0. The Hall–Kier alpha value is -2.47. The van der Waals surface area contributed by atoms with Crippen LogP contribution in [0.4, 0.5) is 0 Å². The average molecular weight is 550 g/mol. The van der Waals surface area contributed by atoms with Crippen LogP contribution in [0.3, 0.4) is 0 Å². The van der Waals surface area contributed by atoms with Crippen LogP contribution < -0.4 is 10.1 Å². The highest BCUT2D eigenvalue weighted by atomic mass is 32.2. The first-order valence-electron chi connectivity index (χ1n) is 12.9. The van der Waals surface area contributed by atoms with Crippen LogP contribution in [0.25, 0.3) is 0 Å². The van der Waals surface area contributed by atoms with E-state index in [1.54, 1.807) is 24.3 Å². The number of hydrogen-bond donors (Lipinski definition) is 1. The van der Waals surface area contributed by atoms with Gasteiger partial charge in [0.1, 0.15) is 12.4 Å². The van der Waals surface area contributed by atoms with Gasteiger partial charge in [0, 0.05) is 31.7 Å². The molecule has 1 amide bonds. The number of carbonyl (C=O) groups excluding carboxylic acids is 1. The van der Waals surface area contributed by atoms with Crippen molar-refractivity contribution in [3.8, 4) is 5.75 Å². The molecule has 2 aliphatic rings. The summed E-state index contributed by atoms with van der Waals surface area (Å²) in [5, 5.41) is 2.74. The Morgan fingerprint density at radius 2 is 1.27 bits per heavy atom. The summed E-state index contributed by atoms with van der Waals surface area (Å²) in [5.74, 6) is 0.108. The lowest BCUT2D eigenvalue weighted by Gasteiger charge is -2.25. The van der Waals surface area contributed by atoms with Crippen molar-refractivity contribution in [3.63, 3.8) is 0 Å². The van der Waals surface area contributed by atoms with Crippen molar-refractivity contribution >= 4 is 26.0 Å². The maximum Gasteiger partial charge on any atom is 0.251 e. The highest BCUT2D eigenvalue weighted by Gasteiger charge is 2.27. The number of nitrogens with zero attached hydrogens (tertiary/aromatic N) is 2. The number of amides is 1. The Morgan fingerprint density at radius 3 is 1.86 bits per heavy atom. The standard InChI is InChI=1S/C26H35N3O6S2/c30-26(22-9-8-10-25(21-22)37(33,34)29-16-4-1-2-5-17-29)27-15-20-35-23-11-13-24(14-12-23)36(31,32)28-18-6-3-7-19-28/h8-14,21H,1-7,15-20H2,(H,27,30). The van der Waals surface area contributed by atoms with Crippen LogP contribution in [0.2, 0.25) is 0 Å². The Bertz CT molecular complexity index is 1270. The molecule has 4 rings (SSSR count). The van der Waals surface area contributed by atoms with Crippen molar-refractivity contribution < 1.29 is 26.4 Å². The highest BCUT2D eigenvalue weighted by Crippen LogP contribution is 2.23. The van der Waals surface area contributed by atoms with Crippen molar-refractivity contribution in [2.75, 3.05) is 39.3 Å². The molecule has 2 fully saturated rings. The van der Waals surface area contributed by atoms with Crippen molar-refractivity contribution in [1.29, 1.82) is 0 Å². The summed E-state index contributed by atoms with van der Waals surface area (Å²) in [7, 11) is -7.14. The predicted octanol–water partition coefficient (Wildman–Crippen LogP) is 3.23. The molecule has 0 bridgehead atoms. The quantitative estimate of drug-likeness (QED) is 0.481. The van der Waals surface area contributed by atoms with Crippen molar-refractivity contribution in [2.45, 2.75) is 54.7 Å². The summed E-state index contributed by atoms with van der Waals surface area (Å²) in [4.78, 5) is 13.0. The van der Waals surface area contributed by atoms with Crippen LogP contribution in [0, 0.1) is 0 Å². The molecule has 0 saturated carbocycles. The molecule has 2 aliphatic heterocycles. The van der Waals surface area contributed by atoms with Gasteiger partial charge in [-0.25, -0.2) is 16.8 Å². The summed E-state index contributed by atoms with van der Waals surface area (Å²) in [5.41, 5.74) is 0.267. The zero-order valence-corrected chi connectivity index (χ0v) is 22.6. The predicted molar refractivity (Wildman–Crippen MR) is 141 cm³/mol. The van der Waals surface area contributed by atoms with Crippen LogP contribution in [-0.2, 0) is 20.0 Å². The van der Waals surface area contributed by atoms with Crippen molar-refractivity contribution in [2.24, 2.45) is 0 Å². The summed E-state index contributed by atoms with van der Waals surface area (Å²) in [6.07, 6.45) is 6.55. The van der Waals surface area contributed by atoms with Crippen LogP contribution in [0.1, 0.15) is 55.3 Å². The lowest BCUT2D eigenvalue weighted by molar-refractivity contribution is 0.0946. The van der Waals surface area contributed by atoms with E-state index < -0.39 is 20.0 Å². The molecule has 2 heterocycles. The summed E-state index contributed by atoms with van der Waals surface area (Å²) in [6, 6.07) is 12.4. The first-order valence-corrected chi connectivity index (χ1v) is 15.8. The van der Waals surface area contributed by atoms with Gasteiger partial charge in [0.05, 0.1) is 16.3 Å². The Balaban J connectivity index is 1.28. The lowest BCUT2D eigenvalue weighted by atomic mass is 10.2. The van der Waals surface area contributed by atoms with Gasteiger partial charge in [-0.3, -0.25) is 4.79 Å². The van der Waals surface area contributed by atoms with Crippen molar-refractivity contribution in [3.05, 3.63) is 54.1 Å². The van der Waals surface area contributed by atoms with E-state index in [0.29, 0.717) is 31.9 Å². The minimum absolute atomic E-state index is 0.123.